The molecule has 0 saturated carbocycles. The van der Waals surface area contributed by atoms with Gasteiger partial charge in [-0.15, -0.1) is 0 Å². The number of allylic oxidation sites excluding steroid dienone is 6. The number of aliphatic carboxylic acids is 1. The molecule has 1 atom stereocenters. The number of carbonyl (C=O) groups is 2. The van der Waals surface area contributed by atoms with Crippen LogP contribution in [-0.4, -0.2) is 90.9 Å². The van der Waals surface area contributed by atoms with Crippen LogP contribution in [0, 0.1) is 6.92 Å². The van der Waals surface area contributed by atoms with Gasteiger partial charge in [0.25, 0.3) is 30.4 Å². The van der Waals surface area contributed by atoms with Gasteiger partial charge in [-0.1, -0.05) is 68.5 Å². The molecule has 7 aromatic rings. The molecule has 1 aliphatic carbocycles. The fraction of sp³-hybridized carbons (Fsp3) is 0.333. The van der Waals surface area contributed by atoms with Crippen molar-refractivity contribution >= 4 is 80.9 Å². The van der Waals surface area contributed by atoms with E-state index >= 15 is 0 Å². The number of pyridine rings is 1. The van der Waals surface area contributed by atoms with Crippen molar-refractivity contribution in [2.75, 3.05) is 24.6 Å². The van der Waals surface area contributed by atoms with Crippen molar-refractivity contribution in [3.63, 3.8) is 0 Å². The van der Waals surface area contributed by atoms with Crippen LogP contribution in [0.5, 0.6) is 5.75 Å². The van der Waals surface area contributed by atoms with Crippen molar-refractivity contribution in [2.24, 2.45) is 0 Å². The fourth-order valence-electron chi connectivity index (χ4n) is 13.4. The summed E-state index contributed by atoms with van der Waals surface area (Å²) in [5.41, 5.74) is 10.8. The van der Waals surface area contributed by atoms with Crippen molar-refractivity contribution in [3.05, 3.63) is 196 Å². The molecule has 5 N–H and O–H groups in total. The molecule has 1 aromatic heterocycles. The Hall–Kier alpha value is -7.85. The van der Waals surface area contributed by atoms with Gasteiger partial charge in [-0.05, 0) is 200 Å². The molecule has 89 heavy (non-hydrogen) atoms. The number of carboxylic acids is 1. The smallest absolute Gasteiger partial charge is 0.303 e. The molecular weight excluding hydrogens is 1190 g/mol. The summed E-state index contributed by atoms with van der Waals surface area (Å²) in [5, 5.41) is 14.9. The van der Waals surface area contributed by atoms with Crippen LogP contribution in [0.15, 0.2) is 160 Å². The van der Waals surface area contributed by atoms with Crippen molar-refractivity contribution in [1.82, 2.24) is 10.3 Å². The average Bonchev–Trinajstić information content (AvgIpc) is 1.62. The summed E-state index contributed by atoms with van der Waals surface area (Å²) in [6, 6.07) is 30.1. The number of likely N-dealkylation sites (N-methyl/N-ethyl adjacent to an activating group) is 1. The molecule has 6 aromatic carbocycles. The van der Waals surface area contributed by atoms with Crippen molar-refractivity contribution in [2.45, 2.75) is 144 Å². The van der Waals surface area contributed by atoms with Crippen LogP contribution < -0.4 is 15.0 Å². The van der Waals surface area contributed by atoms with Gasteiger partial charge in [-0.25, -0.2) is 0 Å². The second kappa shape index (κ2) is 25.6. The van der Waals surface area contributed by atoms with E-state index in [2.05, 4.69) is 59.9 Å². The SMILES string of the molecule is CCN1C(=CC=CC=CC2=[N+](CCCCCC(=O)NCc3ccc4c(c3)Cc3cc(OCCCCc5cc(C)ccn5)ccc3CC4CC(=O)O)c3ccc4ccc(S(=O)(=O)O)cc4c3C2(C)C)C(C)(C)c2c1ccc1c(S(=O)(=O)O)cc(S(=O)(=O)O)cc21. The van der Waals surface area contributed by atoms with Crippen LogP contribution in [-0.2, 0) is 76.6 Å². The van der Waals surface area contributed by atoms with Crippen LogP contribution in [0.25, 0.3) is 21.5 Å². The highest BCUT2D eigenvalue weighted by molar-refractivity contribution is 7.87. The second-order valence-electron chi connectivity index (χ2n) is 24.4. The Kier molecular flexibility index (Phi) is 18.4. The number of nitrogens with zero attached hydrogens (tertiary/aromatic N) is 3. The van der Waals surface area contributed by atoms with Gasteiger partial charge in [0.2, 0.25) is 11.6 Å². The number of carbonyl (C=O) groups excluding carboxylic acids is 1. The Morgan fingerprint density at radius 1 is 0.730 bits per heavy atom. The first kappa shape index (κ1) is 64.1. The number of aryl methyl sites for hydroxylation is 2. The molecule has 0 saturated heterocycles. The number of fused-ring (bicyclic) bond motifs is 8. The van der Waals surface area contributed by atoms with Crippen LogP contribution in [0.2, 0.25) is 0 Å². The van der Waals surface area contributed by atoms with E-state index in [4.69, 9.17) is 4.74 Å². The maximum Gasteiger partial charge on any atom is 0.303 e. The normalized spacial score (nSPS) is 16.7. The summed E-state index contributed by atoms with van der Waals surface area (Å²) >= 11 is 0. The Bertz CT molecular complexity index is 4470. The Labute approximate surface area is 520 Å². The largest absolute Gasteiger partial charge is 0.494 e. The lowest BCUT2D eigenvalue weighted by atomic mass is 9.79. The Balaban J connectivity index is 0.825. The molecule has 17 nitrogen and oxygen atoms in total. The molecule has 0 bridgehead atoms. The number of hydrogen-bond donors (Lipinski definition) is 5. The predicted molar refractivity (Wildman–Crippen MR) is 345 cm³/mol. The number of amides is 1. The minimum atomic E-state index is -4.91. The van der Waals surface area contributed by atoms with Crippen molar-refractivity contribution < 1.29 is 62.9 Å². The number of benzene rings is 6. The molecule has 3 heterocycles. The molecule has 1 amide bonds. The molecular formula is C69H75N4O13S3+. The van der Waals surface area contributed by atoms with E-state index in [0.29, 0.717) is 75.0 Å². The zero-order chi connectivity index (χ0) is 63.8. The molecule has 3 aliphatic rings. The van der Waals surface area contributed by atoms with E-state index in [0.717, 1.165) is 99.1 Å². The molecule has 20 heteroatoms. The minimum Gasteiger partial charge on any atom is -0.494 e. The highest BCUT2D eigenvalue weighted by atomic mass is 32.2. The number of unbranched alkanes of at least 4 members (excludes halogenated alkanes) is 3. The van der Waals surface area contributed by atoms with E-state index in [-0.39, 0.29) is 33.9 Å². The number of ether oxygens (including phenoxy) is 1. The van der Waals surface area contributed by atoms with E-state index in [1.807, 2.05) is 98.6 Å². The van der Waals surface area contributed by atoms with Gasteiger partial charge in [0.15, 0.2) is 5.71 Å². The zero-order valence-corrected chi connectivity index (χ0v) is 53.2. The van der Waals surface area contributed by atoms with Gasteiger partial charge in [0, 0.05) is 77.7 Å². The summed E-state index contributed by atoms with van der Waals surface area (Å²) in [5.74, 6) is -0.378. The van der Waals surface area contributed by atoms with Crippen LogP contribution in [0.1, 0.15) is 136 Å². The predicted octanol–water partition coefficient (Wildman–Crippen LogP) is 12.6. The van der Waals surface area contributed by atoms with Gasteiger partial charge in [0.1, 0.15) is 17.2 Å². The third-order valence-electron chi connectivity index (χ3n) is 17.6. The first-order valence-electron chi connectivity index (χ1n) is 30.0. The quantitative estimate of drug-likeness (QED) is 0.0173. The maximum atomic E-state index is 13.5. The summed E-state index contributed by atoms with van der Waals surface area (Å²) in [6.07, 6.45) is 17.7. The fourth-order valence-corrected chi connectivity index (χ4v) is 15.2. The number of rotatable bonds is 23. The molecule has 0 spiro atoms. The third-order valence-corrected chi connectivity index (χ3v) is 20.1. The van der Waals surface area contributed by atoms with E-state index in [1.54, 1.807) is 12.1 Å². The van der Waals surface area contributed by atoms with Crippen LogP contribution >= 0.6 is 0 Å². The monoisotopic (exact) mass is 1260 g/mol. The zero-order valence-electron chi connectivity index (χ0n) is 50.8. The third kappa shape index (κ3) is 13.8. The van der Waals surface area contributed by atoms with Crippen LogP contribution in [0.3, 0.4) is 0 Å². The second-order valence-corrected chi connectivity index (χ2v) is 28.7. The summed E-state index contributed by atoms with van der Waals surface area (Å²) in [4.78, 5) is 30.6. The Morgan fingerprint density at radius 3 is 2.22 bits per heavy atom. The standard InChI is InChI=1S/C69H74N4O13S3/c1-7-72-59-29-27-56-58(41-54(88(80,81)82)42-61(56)89(83,84)85)67(59)68(3,4)62(72)17-10-8-11-18-63-69(5,6)66-57-40-53(87(77,78)79)25-22-46(57)23-28-60(66)73(63)32-14-9-12-19-64(74)71-43-45-20-26-55-49(35-45)37-48-38-52(24-21-47(48)36-50(55)39-65(75)76)86-33-15-13-16-51-34-44(2)30-31-70-51/h8,10-11,17-18,20-31,34-35,38,40-42,50H,7,9,12-16,19,32-33,36-37,39,43H2,1-6H3,(H4-,71,74,75,76,77,78,79,80,81,82,83,84,85)/p+1. The lowest BCUT2D eigenvalue weighted by Crippen LogP contribution is -2.28. The maximum absolute atomic E-state index is 13.5. The average molecular weight is 1260 g/mol. The van der Waals surface area contributed by atoms with Crippen LogP contribution in [0.4, 0.5) is 11.4 Å². The van der Waals surface area contributed by atoms with E-state index in [1.165, 1.54) is 29.8 Å². The van der Waals surface area contributed by atoms with E-state index in [9.17, 15) is 53.6 Å². The van der Waals surface area contributed by atoms with Crippen molar-refractivity contribution in [1.29, 1.82) is 0 Å². The highest BCUT2D eigenvalue weighted by Gasteiger charge is 2.46. The van der Waals surface area contributed by atoms with Gasteiger partial charge >= 0.3 is 5.97 Å². The molecule has 0 radical (unpaired) electrons. The Morgan fingerprint density at radius 2 is 1.49 bits per heavy atom. The molecule has 466 valence electrons. The molecule has 1 unspecified atom stereocenters. The lowest BCUT2D eigenvalue weighted by molar-refractivity contribution is -0.438. The lowest BCUT2D eigenvalue weighted by Gasteiger charge is -2.26. The van der Waals surface area contributed by atoms with Crippen molar-refractivity contribution in [3.8, 4) is 5.75 Å². The number of aromatic nitrogens is 1. The number of nitrogens with one attached hydrogen (secondary N) is 1. The first-order valence-corrected chi connectivity index (χ1v) is 34.3. The van der Waals surface area contributed by atoms with Gasteiger partial charge < -0.3 is 20.1 Å². The topological polar surface area (TPSA) is 258 Å². The molecule has 0 fully saturated rings. The molecule has 10 rings (SSSR count). The highest BCUT2D eigenvalue weighted by Crippen LogP contribution is 2.52. The first-order chi connectivity index (χ1) is 42.1. The van der Waals surface area contributed by atoms with Gasteiger partial charge in [0.05, 0.1) is 28.2 Å². The summed E-state index contributed by atoms with van der Waals surface area (Å²) in [6.45, 7) is 14.0. The van der Waals surface area contributed by atoms with E-state index < -0.39 is 56.9 Å². The van der Waals surface area contributed by atoms with Gasteiger partial charge in [-0.2, -0.15) is 29.8 Å². The minimum absolute atomic E-state index is 0.00187. The number of anilines is 1. The van der Waals surface area contributed by atoms with Gasteiger partial charge in [-0.3, -0.25) is 28.2 Å². The number of hydrogen-bond acceptors (Lipinski definition) is 11. The number of carboxylic acid groups (broad SMARTS) is 1. The summed E-state index contributed by atoms with van der Waals surface area (Å²) < 4.78 is 114. The summed E-state index contributed by atoms with van der Waals surface area (Å²) in [7, 11) is -14.3. The molecule has 2 aliphatic heterocycles.